The molecular formula is C12H10O3. The first-order valence-electron chi connectivity index (χ1n) is 4.67. The van der Waals surface area contributed by atoms with E-state index in [1.807, 2.05) is 0 Å². The van der Waals surface area contributed by atoms with Gasteiger partial charge in [-0.25, -0.2) is 4.79 Å². The van der Waals surface area contributed by atoms with Gasteiger partial charge in [-0.3, -0.25) is 0 Å². The van der Waals surface area contributed by atoms with E-state index in [1.54, 1.807) is 18.2 Å². The van der Waals surface area contributed by atoms with Crippen molar-refractivity contribution < 1.29 is 14.3 Å². The molecule has 15 heavy (non-hydrogen) atoms. The Kier molecular flexibility index (Phi) is 2.59. The summed E-state index contributed by atoms with van der Waals surface area (Å²) in [6.45, 7) is 0.685. The number of ether oxygens (including phenoxy) is 2. The zero-order valence-electron chi connectivity index (χ0n) is 8.16. The molecule has 0 saturated carbocycles. The summed E-state index contributed by atoms with van der Waals surface area (Å²) in [6, 6.07) is 5.26. The number of rotatable bonds is 2. The van der Waals surface area contributed by atoms with Gasteiger partial charge < -0.3 is 9.47 Å². The summed E-state index contributed by atoms with van der Waals surface area (Å²) in [5.74, 6) is 2.72. The summed E-state index contributed by atoms with van der Waals surface area (Å²) in [5.41, 5.74) is 1.57. The minimum atomic E-state index is -0.386. The molecule has 0 atom stereocenters. The average Bonchev–Trinajstić information content (AvgIpc) is 2.72. The maximum absolute atomic E-state index is 11.4. The SMILES string of the molecule is C#CCOC(=O)c1ccc2c(c1)CCO2. The van der Waals surface area contributed by atoms with E-state index in [0.29, 0.717) is 12.2 Å². The summed E-state index contributed by atoms with van der Waals surface area (Å²) in [4.78, 5) is 11.4. The largest absolute Gasteiger partial charge is 0.493 e. The summed E-state index contributed by atoms with van der Waals surface area (Å²) in [6.07, 6.45) is 5.84. The summed E-state index contributed by atoms with van der Waals surface area (Å²) in [5, 5.41) is 0. The smallest absolute Gasteiger partial charge is 0.339 e. The van der Waals surface area contributed by atoms with Gasteiger partial charge in [-0.15, -0.1) is 6.42 Å². The molecule has 0 bridgehead atoms. The van der Waals surface area contributed by atoms with Crippen LogP contribution in [0.15, 0.2) is 18.2 Å². The Morgan fingerprint density at radius 2 is 2.47 bits per heavy atom. The van der Waals surface area contributed by atoms with Crippen LogP contribution in [0.25, 0.3) is 0 Å². The van der Waals surface area contributed by atoms with Crippen molar-refractivity contribution in [2.75, 3.05) is 13.2 Å². The molecule has 0 spiro atoms. The molecule has 1 aliphatic heterocycles. The van der Waals surface area contributed by atoms with Gasteiger partial charge in [0.05, 0.1) is 12.2 Å². The summed E-state index contributed by atoms with van der Waals surface area (Å²) < 4.78 is 10.2. The number of benzene rings is 1. The van der Waals surface area contributed by atoms with Crippen molar-refractivity contribution in [1.29, 1.82) is 0 Å². The fourth-order valence-corrected chi connectivity index (χ4v) is 1.50. The van der Waals surface area contributed by atoms with Crippen LogP contribution in [-0.4, -0.2) is 19.2 Å². The third-order valence-corrected chi connectivity index (χ3v) is 2.21. The van der Waals surface area contributed by atoms with Gasteiger partial charge in [-0.2, -0.15) is 0 Å². The van der Waals surface area contributed by atoms with E-state index in [-0.39, 0.29) is 12.6 Å². The van der Waals surface area contributed by atoms with E-state index in [9.17, 15) is 4.79 Å². The van der Waals surface area contributed by atoms with E-state index in [1.165, 1.54) is 0 Å². The topological polar surface area (TPSA) is 35.5 Å². The van der Waals surface area contributed by atoms with E-state index in [2.05, 4.69) is 5.92 Å². The third-order valence-electron chi connectivity index (χ3n) is 2.21. The fourth-order valence-electron chi connectivity index (χ4n) is 1.50. The average molecular weight is 202 g/mol. The van der Waals surface area contributed by atoms with Crippen LogP contribution < -0.4 is 4.74 Å². The first-order chi connectivity index (χ1) is 7.31. The molecule has 0 aliphatic carbocycles. The Bertz CT molecular complexity index is 429. The van der Waals surface area contributed by atoms with Crippen molar-refractivity contribution in [3.8, 4) is 18.1 Å². The molecule has 2 rings (SSSR count). The lowest BCUT2D eigenvalue weighted by molar-refractivity contribution is 0.0556. The van der Waals surface area contributed by atoms with Gasteiger partial charge >= 0.3 is 5.97 Å². The summed E-state index contributed by atoms with van der Waals surface area (Å²) >= 11 is 0. The van der Waals surface area contributed by atoms with Crippen LogP contribution >= 0.6 is 0 Å². The molecule has 0 fully saturated rings. The normalized spacial score (nSPS) is 12.5. The Balaban J connectivity index is 2.16. The van der Waals surface area contributed by atoms with Crippen molar-refractivity contribution >= 4 is 5.97 Å². The van der Waals surface area contributed by atoms with Crippen LogP contribution in [0.1, 0.15) is 15.9 Å². The predicted molar refractivity (Wildman–Crippen MR) is 54.8 cm³/mol. The minimum Gasteiger partial charge on any atom is -0.493 e. The monoisotopic (exact) mass is 202 g/mol. The van der Waals surface area contributed by atoms with Gasteiger partial charge in [0.15, 0.2) is 6.61 Å². The van der Waals surface area contributed by atoms with Gasteiger partial charge in [0.1, 0.15) is 5.75 Å². The second-order valence-electron chi connectivity index (χ2n) is 3.20. The zero-order chi connectivity index (χ0) is 10.7. The van der Waals surface area contributed by atoms with Gasteiger partial charge in [0.25, 0.3) is 0 Å². The third kappa shape index (κ3) is 1.94. The van der Waals surface area contributed by atoms with Crippen LogP contribution in [0.2, 0.25) is 0 Å². The van der Waals surface area contributed by atoms with Crippen LogP contribution in [0.3, 0.4) is 0 Å². The second-order valence-corrected chi connectivity index (χ2v) is 3.20. The predicted octanol–water partition coefficient (Wildman–Crippen LogP) is 1.41. The molecule has 0 radical (unpaired) electrons. The molecule has 0 N–H and O–H groups in total. The number of carbonyl (C=O) groups excluding carboxylic acids is 1. The number of esters is 1. The number of hydrogen-bond acceptors (Lipinski definition) is 3. The van der Waals surface area contributed by atoms with Crippen molar-refractivity contribution in [2.45, 2.75) is 6.42 Å². The molecule has 0 unspecified atom stereocenters. The van der Waals surface area contributed by atoms with E-state index in [4.69, 9.17) is 15.9 Å². The first-order valence-corrected chi connectivity index (χ1v) is 4.67. The number of fused-ring (bicyclic) bond motifs is 1. The highest BCUT2D eigenvalue weighted by Gasteiger charge is 2.15. The second kappa shape index (κ2) is 4.05. The van der Waals surface area contributed by atoms with E-state index < -0.39 is 0 Å². The standard InChI is InChI=1S/C12H10O3/c1-2-6-15-12(13)10-3-4-11-9(8-10)5-7-14-11/h1,3-4,8H,5-7H2. The van der Waals surface area contributed by atoms with Crippen molar-refractivity contribution in [1.82, 2.24) is 0 Å². The number of hydrogen-bond donors (Lipinski definition) is 0. The van der Waals surface area contributed by atoms with Crippen LogP contribution in [-0.2, 0) is 11.2 Å². The molecule has 0 aromatic heterocycles. The number of terminal acetylenes is 1. The number of carbonyl (C=O) groups is 1. The quantitative estimate of drug-likeness (QED) is 0.537. The zero-order valence-corrected chi connectivity index (χ0v) is 8.16. The highest BCUT2D eigenvalue weighted by atomic mass is 16.5. The maximum Gasteiger partial charge on any atom is 0.339 e. The van der Waals surface area contributed by atoms with Crippen LogP contribution in [0.4, 0.5) is 0 Å². The molecular weight excluding hydrogens is 192 g/mol. The molecule has 76 valence electrons. The van der Waals surface area contributed by atoms with Crippen molar-refractivity contribution in [3.63, 3.8) is 0 Å². The lowest BCUT2D eigenvalue weighted by Gasteiger charge is -2.03. The Morgan fingerprint density at radius 3 is 3.27 bits per heavy atom. The molecule has 1 aromatic carbocycles. The highest BCUT2D eigenvalue weighted by molar-refractivity contribution is 5.90. The van der Waals surface area contributed by atoms with E-state index >= 15 is 0 Å². The Morgan fingerprint density at radius 1 is 1.60 bits per heavy atom. The highest BCUT2D eigenvalue weighted by Crippen LogP contribution is 2.25. The van der Waals surface area contributed by atoms with Gasteiger partial charge in [0.2, 0.25) is 0 Å². The van der Waals surface area contributed by atoms with Crippen molar-refractivity contribution in [2.24, 2.45) is 0 Å². The maximum atomic E-state index is 11.4. The molecule has 1 aliphatic rings. The van der Waals surface area contributed by atoms with Crippen molar-refractivity contribution in [3.05, 3.63) is 29.3 Å². The first kappa shape index (κ1) is 9.60. The minimum absolute atomic E-state index is 0.00637. The lowest BCUT2D eigenvalue weighted by Crippen LogP contribution is -2.05. The summed E-state index contributed by atoms with van der Waals surface area (Å²) in [7, 11) is 0. The molecule has 1 heterocycles. The molecule has 1 aromatic rings. The van der Waals surface area contributed by atoms with Gasteiger partial charge in [-0.05, 0) is 23.8 Å². The van der Waals surface area contributed by atoms with Gasteiger partial charge in [0, 0.05) is 6.42 Å². The van der Waals surface area contributed by atoms with Gasteiger partial charge in [-0.1, -0.05) is 5.92 Å². The molecule has 3 nitrogen and oxygen atoms in total. The molecule has 0 amide bonds. The molecule has 3 heteroatoms. The van der Waals surface area contributed by atoms with Crippen LogP contribution in [0.5, 0.6) is 5.75 Å². The Hall–Kier alpha value is -1.95. The lowest BCUT2D eigenvalue weighted by atomic mass is 10.1. The van der Waals surface area contributed by atoms with Crippen LogP contribution in [0, 0.1) is 12.3 Å². The fraction of sp³-hybridized carbons (Fsp3) is 0.250. The molecule has 0 saturated heterocycles. The van der Waals surface area contributed by atoms with E-state index in [0.717, 1.165) is 17.7 Å². The Labute approximate surface area is 88.0 Å².